The van der Waals surface area contributed by atoms with Gasteiger partial charge in [-0.15, -0.1) is 11.3 Å². The summed E-state index contributed by atoms with van der Waals surface area (Å²) in [5.41, 5.74) is 3.59. The molecule has 0 spiro atoms. The number of hydrogen-bond donors (Lipinski definition) is 1. The monoisotopic (exact) mass is 420 g/mol. The number of carbonyl (C=O) groups is 1. The number of amides is 1. The van der Waals surface area contributed by atoms with Gasteiger partial charge in [-0.2, -0.15) is 5.10 Å². The first-order valence-electron chi connectivity index (χ1n) is 9.67. The topological polar surface area (TPSA) is 61.9 Å². The quantitative estimate of drug-likeness (QED) is 0.431. The van der Waals surface area contributed by atoms with Gasteiger partial charge >= 0.3 is 0 Å². The lowest BCUT2D eigenvalue weighted by Crippen LogP contribution is -2.26. The first-order chi connectivity index (χ1) is 14.6. The van der Waals surface area contributed by atoms with Gasteiger partial charge in [0.2, 0.25) is 5.91 Å². The van der Waals surface area contributed by atoms with Gasteiger partial charge < -0.3 is 4.90 Å². The molecule has 0 bridgehead atoms. The maximum absolute atomic E-state index is 13.0. The van der Waals surface area contributed by atoms with E-state index in [0.717, 1.165) is 45.0 Å². The first-order valence-corrected chi connectivity index (χ1v) is 10.5. The maximum Gasteiger partial charge on any atom is 0.246 e. The predicted octanol–water partition coefficient (Wildman–Crippen LogP) is 4.93. The molecule has 0 saturated carbocycles. The lowest BCUT2D eigenvalue weighted by molar-refractivity contribution is -0.124. The van der Waals surface area contributed by atoms with Crippen LogP contribution in [0.4, 0.5) is 4.39 Å². The molecule has 5 nitrogen and oxygen atoms in total. The van der Waals surface area contributed by atoms with Crippen molar-refractivity contribution in [3.63, 3.8) is 0 Å². The molecular weight excluding hydrogens is 399 g/mol. The lowest BCUT2D eigenvalue weighted by Gasteiger charge is -2.14. The zero-order valence-corrected chi connectivity index (χ0v) is 17.3. The van der Waals surface area contributed by atoms with Gasteiger partial charge in [-0.1, -0.05) is 12.1 Å². The van der Waals surface area contributed by atoms with Gasteiger partial charge in [0.15, 0.2) is 0 Å². The van der Waals surface area contributed by atoms with Crippen LogP contribution in [0.2, 0.25) is 0 Å². The summed E-state index contributed by atoms with van der Waals surface area (Å²) in [6, 6.07) is 16.1. The molecule has 152 valence electrons. The second kappa shape index (κ2) is 9.00. The van der Waals surface area contributed by atoms with E-state index in [9.17, 15) is 9.18 Å². The number of nitrogens with zero attached hydrogens (tertiary/aromatic N) is 3. The fraction of sp³-hybridized carbons (Fsp3) is 0.174. The number of halogens is 1. The summed E-state index contributed by atoms with van der Waals surface area (Å²) in [6.45, 7) is 0.633. The minimum Gasteiger partial charge on any atom is -0.342 e. The third kappa shape index (κ3) is 4.80. The maximum atomic E-state index is 13.0. The molecular formula is C23H21FN4OS. The largest absolute Gasteiger partial charge is 0.342 e. The van der Waals surface area contributed by atoms with E-state index in [0.29, 0.717) is 6.54 Å². The Morgan fingerprint density at radius 3 is 2.80 bits per heavy atom. The first kappa shape index (κ1) is 20.0. The average Bonchev–Trinajstić information content (AvgIpc) is 3.39. The summed E-state index contributed by atoms with van der Waals surface area (Å²) in [5, 5.41) is 8.12. The van der Waals surface area contributed by atoms with Gasteiger partial charge in [-0.25, -0.2) is 9.37 Å². The van der Waals surface area contributed by atoms with E-state index in [4.69, 9.17) is 0 Å². The van der Waals surface area contributed by atoms with E-state index >= 15 is 0 Å². The van der Waals surface area contributed by atoms with Crippen LogP contribution in [-0.2, 0) is 11.2 Å². The number of para-hydroxylation sites is 1. The number of rotatable bonds is 7. The Kier molecular flexibility index (Phi) is 5.99. The van der Waals surface area contributed by atoms with Crippen LogP contribution >= 0.6 is 11.3 Å². The Bertz CT molecular complexity index is 1150. The number of hydrogen-bond acceptors (Lipinski definition) is 4. The van der Waals surface area contributed by atoms with Gasteiger partial charge in [0, 0.05) is 30.9 Å². The van der Waals surface area contributed by atoms with Crippen LogP contribution in [-0.4, -0.2) is 39.6 Å². The Morgan fingerprint density at radius 1 is 1.20 bits per heavy atom. The molecule has 4 rings (SSSR count). The molecule has 0 aliphatic rings. The molecule has 2 heterocycles. The Labute approximate surface area is 177 Å². The Balaban J connectivity index is 1.27. The van der Waals surface area contributed by atoms with Crippen molar-refractivity contribution < 1.29 is 9.18 Å². The lowest BCUT2D eigenvalue weighted by atomic mass is 10.1. The summed E-state index contributed by atoms with van der Waals surface area (Å²) >= 11 is 1.57. The number of aromatic amines is 1. The molecule has 0 aliphatic carbocycles. The molecule has 1 N–H and O–H groups in total. The number of benzene rings is 2. The van der Waals surface area contributed by atoms with E-state index in [1.165, 1.54) is 12.1 Å². The summed E-state index contributed by atoms with van der Waals surface area (Å²) in [7, 11) is 1.79. The molecule has 7 heteroatoms. The third-order valence-electron chi connectivity index (χ3n) is 4.77. The summed E-state index contributed by atoms with van der Waals surface area (Å²) in [6.07, 6.45) is 4.92. The summed E-state index contributed by atoms with van der Waals surface area (Å²) in [4.78, 5) is 18.6. The Hall–Kier alpha value is -3.32. The van der Waals surface area contributed by atoms with Crippen molar-refractivity contribution in [3.05, 3.63) is 77.2 Å². The number of H-pyrrole nitrogens is 1. The van der Waals surface area contributed by atoms with Crippen molar-refractivity contribution >= 4 is 33.5 Å². The van der Waals surface area contributed by atoms with E-state index in [1.807, 2.05) is 30.3 Å². The van der Waals surface area contributed by atoms with Crippen molar-refractivity contribution in [3.8, 4) is 11.3 Å². The van der Waals surface area contributed by atoms with Crippen LogP contribution in [0.15, 0.2) is 60.7 Å². The van der Waals surface area contributed by atoms with Crippen LogP contribution in [0.3, 0.4) is 0 Å². The zero-order valence-electron chi connectivity index (χ0n) is 16.5. The molecule has 2 aromatic heterocycles. The number of likely N-dealkylation sites (N-methyl/N-ethyl adjacent to an activating group) is 1. The Morgan fingerprint density at radius 2 is 2.00 bits per heavy atom. The molecule has 0 radical (unpaired) electrons. The second-order valence-corrected chi connectivity index (χ2v) is 8.06. The van der Waals surface area contributed by atoms with Gasteiger partial charge in [0.1, 0.15) is 10.8 Å². The summed E-state index contributed by atoms with van der Waals surface area (Å²) in [5.74, 6) is -0.315. The minimum absolute atomic E-state index is 0.0501. The number of aryl methyl sites for hydroxylation is 1. The van der Waals surface area contributed by atoms with Crippen LogP contribution in [0.25, 0.3) is 27.6 Å². The molecule has 0 fully saturated rings. The van der Waals surface area contributed by atoms with Crippen LogP contribution in [0.1, 0.15) is 17.1 Å². The minimum atomic E-state index is -0.264. The highest BCUT2D eigenvalue weighted by Crippen LogP contribution is 2.22. The molecule has 0 aliphatic heterocycles. The average molecular weight is 421 g/mol. The zero-order chi connectivity index (χ0) is 20.9. The highest BCUT2D eigenvalue weighted by Gasteiger charge is 2.08. The van der Waals surface area contributed by atoms with Crippen LogP contribution < -0.4 is 0 Å². The summed E-state index contributed by atoms with van der Waals surface area (Å²) < 4.78 is 14.2. The second-order valence-electron chi connectivity index (χ2n) is 7.00. The van der Waals surface area contributed by atoms with Crippen molar-refractivity contribution in [1.29, 1.82) is 0 Å². The molecule has 1 amide bonds. The standard InChI is InChI=1S/C23H21FN4OS/c1-28(23(29)13-12-22-25-19-6-2-3-7-21(19)30-22)14-4-5-18-15-20(27-26-18)16-8-10-17(24)11-9-16/h2-3,6-13,15H,4-5,14H2,1H3,(H,26,27)/b13-12+. The molecule has 0 saturated heterocycles. The molecule has 4 aromatic rings. The third-order valence-corrected chi connectivity index (χ3v) is 5.77. The van der Waals surface area contributed by atoms with E-state index in [2.05, 4.69) is 15.2 Å². The fourth-order valence-electron chi connectivity index (χ4n) is 3.11. The van der Waals surface area contributed by atoms with Crippen LogP contribution in [0.5, 0.6) is 0 Å². The smallest absolute Gasteiger partial charge is 0.246 e. The van der Waals surface area contributed by atoms with E-state index in [1.54, 1.807) is 47.6 Å². The number of carbonyl (C=O) groups excluding carboxylic acids is 1. The van der Waals surface area contributed by atoms with Crippen molar-refractivity contribution in [2.24, 2.45) is 0 Å². The number of aromatic nitrogens is 3. The van der Waals surface area contributed by atoms with Gasteiger partial charge in [0.05, 0.1) is 15.9 Å². The van der Waals surface area contributed by atoms with Crippen LogP contribution in [0, 0.1) is 5.82 Å². The van der Waals surface area contributed by atoms with Crippen molar-refractivity contribution in [2.45, 2.75) is 12.8 Å². The SMILES string of the molecule is CN(CCCc1cc(-c2ccc(F)cc2)n[nH]1)C(=O)/C=C/c1nc2ccccc2s1. The van der Waals surface area contributed by atoms with Gasteiger partial charge in [-0.05, 0) is 61.4 Å². The highest BCUT2D eigenvalue weighted by atomic mass is 32.1. The molecule has 0 unspecified atom stereocenters. The van der Waals surface area contributed by atoms with Crippen molar-refractivity contribution in [2.75, 3.05) is 13.6 Å². The van der Waals surface area contributed by atoms with Gasteiger partial charge in [0.25, 0.3) is 0 Å². The van der Waals surface area contributed by atoms with E-state index in [-0.39, 0.29) is 11.7 Å². The molecule has 0 atom stereocenters. The molecule has 30 heavy (non-hydrogen) atoms. The molecule has 2 aromatic carbocycles. The number of nitrogens with one attached hydrogen (secondary N) is 1. The normalized spacial score (nSPS) is 11.4. The fourth-order valence-corrected chi connectivity index (χ4v) is 3.98. The number of fused-ring (bicyclic) bond motifs is 1. The van der Waals surface area contributed by atoms with Crippen molar-refractivity contribution in [1.82, 2.24) is 20.1 Å². The van der Waals surface area contributed by atoms with Gasteiger partial charge in [-0.3, -0.25) is 9.89 Å². The predicted molar refractivity (Wildman–Crippen MR) is 119 cm³/mol. The number of thiazole rings is 1. The highest BCUT2D eigenvalue weighted by molar-refractivity contribution is 7.19. The van der Waals surface area contributed by atoms with E-state index < -0.39 is 0 Å².